The summed E-state index contributed by atoms with van der Waals surface area (Å²) in [7, 11) is 3.70. The molecule has 6 heteroatoms. The zero-order chi connectivity index (χ0) is 14.6. The van der Waals surface area contributed by atoms with Crippen molar-refractivity contribution in [2.45, 2.75) is 12.5 Å². The summed E-state index contributed by atoms with van der Waals surface area (Å²) in [5.41, 5.74) is -0.655. The minimum absolute atomic E-state index is 0.00713. The molecule has 1 amide bonds. The van der Waals surface area contributed by atoms with E-state index in [1.54, 1.807) is 19.1 Å². The van der Waals surface area contributed by atoms with Crippen molar-refractivity contribution < 1.29 is 15.0 Å². The lowest BCUT2D eigenvalue weighted by atomic mass is 10.1. The maximum atomic E-state index is 11.9. The van der Waals surface area contributed by atoms with Crippen LogP contribution in [0.25, 0.3) is 0 Å². The van der Waals surface area contributed by atoms with Crippen molar-refractivity contribution >= 4 is 21.8 Å². The van der Waals surface area contributed by atoms with Crippen LogP contribution in [0.3, 0.4) is 0 Å². The van der Waals surface area contributed by atoms with Gasteiger partial charge in [-0.2, -0.15) is 0 Å². The Labute approximate surface area is 121 Å². The Morgan fingerprint density at radius 1 is 1.47 bits per heavy atom. The molecule has 0 spiro atoms. The van der Waals surface area contributed by atoms with Crippen LogP contribution in [-0.4, -0.2) is 53.8 Å². The lowest BCUT2D eigenvalue weighted by molar-refractivity contribution is 0.0326. The van der Waals surface area contributed by atoms with Crippen molar-refractivity contribution in [3.63, 3.8) is 0 Å². The molecule has 0 aromatic heterocycles. The summed E-state index contributed by atoms with van der Waals surface area (Å²) in [6.07, 6.45) is 0. The molecule has 0 bridgehead atoms. The van der Waals surface area contributed by atoms with Crippen LogP contribution >= 0.6 is 15.9 Å². The number of likely N-dealkylation sites (N-methyl/N-ethyl adjacent to an activating group) is 1. The number of aliphatic hydroxyl groups is 1. The standard InChI is InChI=1S/C13H19BrN2O3/c1-13(19,8-16(2)3)7-15-12(18)9-4-5-10(14)11(17)6-9/h4-6,17,19H,7-8H2,1-3H3,(H,15,18). The zero-order valence-corrected chi connectivity index (χ0v) is 12.9. The van der Waals surface area contributed by atoms with Crippen molar-refractivity contribution in [1.82, 2.24) is 10.2 Å². The highest BCUT2D eigenvalue weighted by Crippen LogP contribution is 2.24. The van der Waals surface area contributed by atoms with Crippen molar-refractivity contribution in [3.8, 4) is 5.75 Å². The first-order valence-electron chi connectivity index (χ1n) is 5.85. The van der Waals surface area contributed by atoms with Crippen LogP contribution in [0.1, 0.15) is 17.3 Å². The fraction of sp³-hybridized carbons (Fsp3) is 0.462. The number of nitrogens with zero attached hydrogens (tertiary/aromatic N) is 1. The molecular formula is C13H19BrN2O3. The van der Waals surface area contributed by atoms with Gasteiger partial charge in [-0.3, -0.25) is 4.79 Å². The number of hydrogen-bond donors (Lipinski definition) is 3. The summed E-state index contributed by atoms with van der Waals surface area (Å²) < 4.78 is 0.531. The third-order valence-corrected chi connectivity index (χ3v) is 3.17. The Morgan fingerprint density at radius 2 is 2.11 bits per heavy atom. The first kappa shape index (κ1) is 15.9. The summed E-state index contributed by atoms with van der Waals surface area (Å²) in [5.74, 6) is -0.325. The van der Waals surface area contributed by atoms with Gasteiger partial charge in [-0.15, -0.1) is 0 Å². The van der Waals surface area contributed by atoms with E-state index in [2.05, 4.69) is 21.2 Å². The van der Waals surface area contributed by atoms with E-state index in [9.17, 15) is 15.0 Å². The highest BCUT2D eigenvalue weighted by Gasteiger charge is 2.22. The molecule has 0 heterocycles. The average Bonchev–Trinajstić information content (AvgIpc) is 2.28. The smallest absolute Gasteiger partial charge is 0.251 e. The van der Waals surface area contributed by atoms with E-state index in [1.807, 2.05) is 19.0 Å². The Balaban J connectivity index is 2.62. The number of hydrogen-bond acceptors (Lipinski definition) is 4. The number of rotatable bonds is 5. The van der Waals surface area contributed by atoms with E-state index in [1.165, 1.54) is 6.07 Å². The van der Waals surface area contributed by atoms with E-state index in [0.717, 1.165) is 0 Å². The van der Waals surface area contributed by atoms with Gasteiger partial charge in [-0.1, -0.05) is 0 Å². The van der Waals surface area contributed by atoms with E-state index in [4.69, 9.17) is 0 Å². The number of carbonyl (C=O) groups excluding carboxylic acids is 1. The third-order valence-electron chi connectivity index (χ3n) is 2.49. The van der Waals surface area contributed by atoms with Crippen molar-refractivity contribution in [1.29, 1.82) is 0 Å². The average molecular weight is 331 g/mol. The predicted octanol–water partition coefficient (Wildman–Crippen LogP) is 1.20. The lowest BCUT2D eigenvalue weighted by Crippen LogP contribution is -2.47. The maximum absolute atomic E-state index is 11.9. The van der Waals surface area contributed by atoms with Gasteiger partial charge in [0.05, 0.1) is 10.1 Å². The number of amides is 1. The molecule has 5 nitrogen and oxygen atoms in total. The monoisotopic (exact) mass is 330 g/mol. The second-order valence-electron chi connectivity index (χ2n) is 5.08. The second kappa shape index (κ2) is 6.36. The normalized spacial score (nSPS) is 14.2. The number of phenolic OH excluding ortho intramolecular Hbond substituents is 1. The minimum Gasteiger partial charge on any atom is -0.507 e. The summed E-state index contributed by atoms with van der Waals surface area (Å²) in [5, 5.41) is 22.2. The zero-order valence-electron chi connectivity index (χ0n) is 11.3. The number of nitrogens with one attached hydrogen (secondary N) is 1. The van der Waals surface area contributed by atoms with Gasteiger partial charge in [0.2, 0.25) is 0 Å². The molecule has 3 N–H and O–H groups in total. The quantitative estimate of drug-likeness (QED) is 0.758. The van der Waals surface area contributed by atoms with Crippen LogP contribution < -0.4 is 5.32 Å². The van der Waals surface area contributed by atoms with Gasteiger partial charge in [0.1, 0.15) is 5.75 Å². The summed E-state index contributed by atoms with van der Waals surface area (Å²) >= 11 is 3.15. The number of halogens is 1. The Bertz CT molecular complexity index is 461. The van der Waals surface area contributed by atoms with E-state index in [0.29, 0.717) is 16.6 Å². The Hall–Kier alpha value is -1.11. The third kappa shape index (κ3) is 5.18. The maximum Gasteiger partial charge on any atom is 0.251 e. The van der Waals surface area contributed by atoms with Crippen LogP contribution in [0.5, 0.6) is 5.75 Å². The largest absolute Gasteiger partial charge is 0.507 e. The summed E-state index contributed by atoms with van der Waals surface area (Å²) in [6, 6.07) is 4.57. The van der Waals surface area contributed by atoms with E-state index >= 15 is 0 Å². The molecule has 1 atom stereocenters. The van der Waals surface area contributed by atoms with Gasteiger partial charge in [-0.25, -0.2) is 0 Å². The van der Waals surface area contributed by atoms with Crippen LogP contribution in [0.2, 0.25) is 0 Å². The van der Waals surface area contributed by atoms with Crippen molar-refractivity contribution in [3.05, 3.63) is 28.2 Å². The lowest BCUT2D eigenvalue weighted by Gasteiger charge is -2.27. The van der Waals surface area contributed by atoms with Crippen molar-refractivity contribution in [2.75, 3.05) is 27.2 Å². The SMILES string of the molecule is CN(C)CC(C)(O)CNC(=O)c1ccc(Br)c(O)c1. The van der Waals surface area contributed by atoms with Crippen LogP contribution in [0.15, 0.2) is 22.7 Å². The van der Waals surface area contributed by atoms with E-state index in [-0.39, 0.29) is 18.2 Å². The number of carbonyl (C=O) groups is 1. The first-order chi connectivity index (χ1) is 8.71. The molecule has 0 saturated carbocycles. The van der Waals surface area contributed by atoms with Crippen LogP contribution in [-0.2, 0) is 0 Å². The van der Waals surface area contributed by atoms with Crippen LogP contribution in [0, 0.1) is 0 Å². The Morgan fingerprint density at radius 3 is 2.63 bits per heavy atom. The van der Waals surface area contributed by atoms with Crippen molar-refractivity contribution in [2.24, 2.45) is 0 Å². The molecule has 0 aliphatic rings. The second-order valence-corrected chi connectivity index (χ2v) is 5.94. The predicted molar refractivity (Wildman–Crippen MR) is 77.3 cm³/mol. The molecule has 19 heavy (non-hydrogen) atoms. The number of phenols is 1. The van der Waals surface area contributed by atoms with Crippen LogP contribution in [0.4, 0.5) is 0 Å². The molecule has 1 aromatic rings. The molecule has 1 unspecified atom stereocenters. The molecule has 1 rings (SSSR count). The van der Waals surface area contributed by atoms with Gasteiger partial charge >= 0.3 is 0 Å². The molecule has 0 aliphatic heterocycles. The molecule has 0 radical (unpaired) electrons. The summed E-state index contributed by atoms with van der Waals surface area (Å²) in [4.78, 5) is 13.7. The molecule has 0 saturated heterocycles. The summed E-state index contributed by atoms with van der Waals surface area (Å²) in [6.45, 7) is 2.24. The molecule has 0 fully saturated rings. The Kier molecular flexibility index (Phi) is 5.34. The van der Waals surface area contributed by atoms with Gasteiger partial charge < -0.3 is 20.4 Å². The fourth-order valence-electron chi connectivity index (χ4n) is 1.76. The molecule has 106 valence electrons. The molecule has 1 aromatic carbocycles. The highest BCUT2D eigenvalue weighted by molar-refractivity contribution is 9.10. The molecule has 0 aliphatic carbocycles. The van der Waals surface area contributed by atoms with Gasteiger partial charge in [0.15, 0.2) is 0 Å². The highest BCUT2D eigenvalue weighted by atomic mass is 79.9. The topological polar surface area (TPSA) is 72.8 Å². The fourth-order valence-corrected chi connectivity index (χ4v) is 2.01. The minimum atomic E-state index is -1.00. The molecular weight excluding hydrogens is 312 g/mol. The van der Waals surface area contributed by atoms with Gasteiger partial charge in [0.25, 0.3) is 5.91 Å². The van der Waals surface area contributed by atoms with Gasteiger partial charge in [0, 0.05) is 18.7 Å². The number of benzene rings is 1. The number of aromatic hydroxyl groups is 1. The van der Waals surface area contributed by atoms with Gasteiger partial charge in [-0.05, 0) is 55.1 Å². The van der Waals surface area contributed by atoms with E-state index < -0.39 is 5.60 Å². The first-order valence-corrected chi connectivity index (χ1v) is 6.64.